The summed E-state index contributed by atoms with van der Waals surface area (Å²) in [5.74, 6) is 0. The number of hydrogen-bond acceptors (Lipinski definition) is 2. The maximum absolute atomic E-state index is 5.46. The zero-order chi connectivity index (χ0) is 17.2. The number of aromatic nitrogens is 1. The minimum atomic E-state index is -1.90. The van der Waals surface area contributed by atoms with Gasteiger partial charge in [-0.3, -0.25) is 9.65 Å². The van der Waals surface area contributed by atoms with Crippen molar-refractivity contribution in [2.24, 2.45) is 4.74 Å². The van der Waals surface area contributed by atoms with Crippen LogP contribution in [-0.4, -0.2) is 27.9 Å². The topological polar surface area (TPSA) is 28.5 Å². The Morgan fingerprint density at radius 1 is 0.958 bits per heavy atom. The highest BCUT2D eigenvalue weighted by Crippen LogP contribution is 2.64. The molecule has 4 heteroatoms. The summed E-state index contributed by atoms with van der Waals surface area (Å²) in [4.78, 5) is 4.24. The van der Waals surface area contributed by atoms with E-state index >= 15 is 0 Å². The zero-order valence-electron chi connectivity index (χ0n) is 15.2. The molecule has 128 valence electrons. The first-order valence-electron chi connectivity index (χ1n) is 8.79. The Morgan fingerprint density at radius 2 is 1.54 bits per heavy atom. The van der Waals surface area contributed by atoms with E-state index in [0.29, 0.717) is 0 Å². The number of pyridine rings is 1. The lowest BCUT2D eigenvalue weighted by atomic mass is 10.2. The summed E-state index contributed by atoms with van der Waals surface area (Å²) in [5.41, 5.74) is 2.37. The van der Waals surface area contributed by atoms with Gasteiger partial charge in [-0.05, 0) is 44.0 Å². The van der Waals surface area contributed by atoms with Crippen LogP contribution in [0.4, 0.5) is 5.69 Å². The molecule has 1 aromatic heterocycles. The average Bonchev–Trinajstić information content (AvgIpc) is 3.08. The third-order valence-electron chi connectivity index (χ3n) is 4.74. The van der Waals surface area contributed by atoms with E-state index in [1.807, 2.05) is 12.4 Å². The van der Waals surface area contributed by atoms with Gasteiger partial charge in [0, 0.05) is 35.9 Å². The molecule has 1 saturated heterocycles. The normalized spacial score (nSPS) is 18.3. The third-order valence-corrected chi connectivity index (χ3v) is 9.37. The maximum atomic E-state index is 5.46. The molecule has 0 spiro atoms. The second kappa shape index (κ2) is 6.82. The standard InChI is InChI=1S/C20H28N3P/c1-17-7-9-18(10-8-17)22-24(20(2,3)4,23-15-5-6-16-23)19-11-13-21-14-12-19/h7-14H,5-6,15-16H2,1-4H3/t24-/m1/s1. The summed E-state index contributed by atoms with van der Waals surface area (Å²) in [5, 5.41) is 1.41. The minimum absolute atomic E-state index is 0.0730. The highest BCUT2D eigenvalue weighted by atomic mass is 31.2. The van der Waals surface area contributed by atoms with Gasteiger partial charge in [-0.15, -0.1) is 0 Å². The van der Waals surface area contributed by atoms with Crippen LogP contribution < -0.4 is 5.30 Å². The first kappa shape index (κ1) is 17.4. The summed E-state index contributed by atoms with van der Waals surface area (Å²) in [6, 6.07) is 13.0. The van der Waals surface area contributed by atoms with E-state index in [-0.39, 0.29) is 5.16 Å². The Kier molecular flexibility index (Phi) is 4.94. The lowest BCUT2D eigenvalue weighted by Gasteiger charge is -2.43. The van der Waals surface area contributed by atoms with Crippen LogP contribution >= 0.6 is 7.21 Å². The van der Waals surface area contributed by atoms with Crippen LogP contribution in [0.1, 0.15) is 39.2 Å². The van der Waals surface area contributed by atoms with E-state index in [1.54, 1.807) is 0 Å². The van der Waals surface area contributed by atoms with Crippen molar-refractivity contribution in [3.63, 3.8) is 0 Å². The minimum Gasteiger partial charge on any atom is -0.265 e. The van der Waals surface area contributed by atoms with Crippen molar-refractivity contribution in [1.82, 2.24) is 9.65 Å². The molecule has 0 aliphatic carbocycles. The second-order valence-corrected chi connectivity index (χ2v) is 11.4. The quantitative estimate of drug-likeness (QED) is 0.703. The molecule has 2 aromatic rings. The van der Waals surface area contributed by atoms with E-state index < -0.39 is 7.21 Å². The Morgan fingerprint density at radius 3 is 2.08 bits per heavy atom. The summed E-state index contributed by atoms with van der Waals surface area (Å²) >= 11 is 0. The highest BCUT2D eigenvalue weighted by Gasteiger charge is 2.42. The van der Waals surface area contributed by atoms with Crippen molar-refractivity contribution < 1.29 is 0 Å². The smallest absolute Gasteiger partial charge is 0.0720 e. The number of aryl methyl sites for hydroxylation is 1. The summed E-state index contributed by atoms with van der Waals surface area (Å²) in [7, 11) is -1.90. The molecule has 0 N–H and O–H groups in total. The van der Waals surface area contributed by atoms with Gasteiger partial charge in [0.15, 0.2) is 0 Å². The van der Waals surface area contributed by atoms with E-state index in [2.05, 4.69) is 73.7 Å². The molecule has 1 aliphatic heterocycles. The molecule has 0 radical (unpaired) electrons. The predicted molar refractivity (Wildman–Crippen MR) is 105 cm³/mol. The first-order valence-corrected chi connectivity index (χ1v) is 10.5. The van der Waals surface area contributed by atoms with E-state index in [0.717, 1.165) is 18.8 Å². The van der Waals surface area contributed by atoms with Gasteiger partial charge in [-0.1, -0.05) is 38.5 Å². The molecule has 2 heterocycles. The second-order valence-electron chi connectivity index (χ2n) is 7.57. The fraction of sp³-hybridized carbons (Fsp3) is 0.450. The van der Waals surface area contributed by atoms with Crippen LogP contribution in [-0.2, 0) is 0 Å². The molecule has 0 bridgehead atoms. The molecular weight excluding hydrogens is 313 g/mol. The summed E-state index contributed by atoms with van der Waals surface area (Å²) in [6.07, 6.45) is 6.37. The number of benzene rings is 1. The van der Waals surface area contributed by atoms with Crippen molar-refractivity contribution in [2.45, 2.75) is 45.7 Å². The van der Waals surface area contributed by atoms with Crippen molar-refractivity contribution in [1.29, 1.82) is 0 Å². The average molecular weight is 341 g/mol. The Balaban J connectivity index is 2.27. The fourth-order valence-corrected chi connectivity index (χ4v) is 7.94. The highest BCUT2D eigenvalue weighted by molar-refractivity contribution is 7.73. The van der Waals surface area contributed by atoms with Crippen LogP contribution in [0.3, 0.4) is 0 Å². The molecule has 1 aliphatic rings. The van der Waals surface area contributed by atoms with Crippen molar-refractivity contribution in [2.75, 3.05) is 13.1 Å². The van der Waals surface area contributed by atoms with E-state index in [1.165, 1.54) is 23.7 Å². The van der Waals surface area contributed by atoms with E-state index in [9.17, 15) is 0 Å². The number of rotatable bonds is 3. The predicted octanol–water partition coefficient (Wildman–Crippen LogP) is 5.36. The van der Waals surface area contributed by atoms with Crippen LogP contribution in [0.25, 0.3) is 0 Å². The van der Waals surface area contributed by atoms with Crippen molar-refractivity contribution in [3.8, 4) is 0 Å². The first-order chi connectivity index (χ1) is 11.4. The summed E-state index contributed by atoms with van der Waals surface area (Å²) in [6.45, 7) is 11.4. The molecule has 0 saturated carbocycles. The van der Waals surface area contributed by atoms with Gasteiger partial charge in [0.2, 0.25) is 0 Å². The SMILES string of the molecule is Cc1ccc(N=[P@](c2ccncc2)(N2CCCC2)C(C)(C)C)cc1. The van der Waals surface area contributed by atoms with E-state index in [4.69, 9.17) is 4.74 Å². The monoisotopic (exact) mass is 341 g/mol. The molecule has 1 fully saturated rings. The van der Waals surface area contributed by atoms with Crippen molar-refractivity contribution >= 4 is 18.2 Å². The Hall–Kier alpha value is -1.44. The third kappa shape index (κ3) is 3.20. The molecule has 3 rings (SSSR count). The molecule has 0 unspecified atom stereocenters. The number of nitrogens with zero attached hydrogens (tertiary/aromatic N) is 3. The van der Waals surface area contributed by atoms with Crippen LogP contribution in [0.15, 0.2) is 53.5 Å². The lowest BCUT2D eigenvalue weighted by molar-refractivity contribution is 0.538. The van der Waals surface area contributed by atoms with Gasteiger partial charge in [-0.2, -0.15) is 0 Å². The zero-order valence-corrected chi connectivity index (χ0v) is 16.1. The summed E-state index contributed by atoms with van der Waals surface area (Å²) < 4.78 is 8.13. The van der Waals surface area contributed by atoms with Gasteiger partial charge in [0.05, 0.1) is 12.9 Å². The van der Waals surface area contributed by atoms with Crippen LogP contribution in [0.2, 0.25) is 0 Å². The van der Waals surface area contributed by atoms with Crippen molar-refractivity contribution in [3.05, 3.63) is 54.4 Å². The lowest BCUT2D eigenvalue weighted by Crippen LogP contribution is -2.35. The Bertz CT molecular complexity index is 724. The molecule has 1 atom stereocenters. The van der Waals surface area contributed by atoms with Gasteiger partial charge < -0.3 is 0 Å². The van der Waals surface area contributed by atoms with Gasteiger partial charge >= 0.3 is 0 Å². The molecule has 3 nitrogen and oxygen atoms in total. The molecule has 1 aromatic carbocycles. The van der Waals surface area contributed by atoms with Gasteiger partial charge in [-0.25, -0.2) is 4.74 Å². The molecule has 24 heavy (non-hydrogen) atoms. The maximum Gasteiger partial charge on any atom is 0.0720 e. The molecular formula is C20H28N3P. The van der Waals surface area contributed by atoms with Gasteiger partial charge in [0.25, 0.3) is 0 Å². The van der Waals surface area contributed by atoms with Gasteiger partial charge in [0.1, 0.15) is 0 Å². The van der Waals surface area contributed by atoms with Crippen LogP contribution in [0, 0.1) is 6.92 Å². The molecule has 0 amide bonds. The van der Waals surface area contributed by atoms with Crippen LogP contribution in [0.5, 0.6) is 0 Å². The number of hydrogen-bond donors (Lipinski definition) is 0. The largest absolute Gasteiger partial charge is 0.265 e. The fourth-order valence-electron chi connectivity index (χ4n) is 3.57. The Labute approximate surface area is 146 Å².